The molecule has 1 heterocycles. The van der Waals surface area contributed by atoms with E-state index in [-0.39, 0.29) is 5.91 Å². The van der Waals surface area contributed by atoms with Crippen LogP contribution >= 0.6 is 0 Å². The first kappa shape index (κ1) is 14.3. The molecule has 0 fully saturated rings. The van der Waals surface area contributed by atoms with Crippen molar-refractivity contribution in [2.45, 2.75) is 13.0 Å². The van der Waals surface area contributed by atoms with Gasteiger partial charge in [0.2, 0.25) is 5.91 Å². The van der Waals surface area contributed by atoms with Gasteiger partial charge in [-0.1, -0.05) is 24.3 Å². The second kappa shape index (κ2) is 6.42. The zero-order valence-electron chi connectivity index (χ0n) is 12.2. The van der Waals surface area contributed by atoms with Crippen LogP contribution in [-0.2, 0) is 17.8 Å². The van der Waals surface area contributed by atoms with Crippen LogP contribution in [0.25, 0.3) is 0 Å². The van der Waals surface area contributed by atoms with E-state index < -0.39 is 0 Å². The average molecular weight is 291 g/mol. The number of anilines is 1. The Morgan fingerprint density at radius 3 is 2.59 bits per heavy atom. The highest BCUT2D eigenvalue weighted by Crippen LogP contribution is 2.18. The fourth-order valence-electron chi connectivity index (χ4n) is 2.72. The predicted molar refractivity (Wildman–Crippen MR) is 85.2 cm³/mol. The van der Waals surface area contributed by atoms with E-state index in [1.807, 2.05) is 6.07 Å². The van der Waals surface area contributed by atoms with Crippen molar-refractivity contribution in [2.24, 2.45) is 0 Å². The molecule has 1 N–H and O–H groups in total. The molecule has 0 aliphatic carbocycles. The monoisotopic (exact) mass is 291 g/mol. The fraction of sp³-hybridized carbons (Fsp3) is 0.222. The summed E-state index contributed by atoms with van der Waals surface area (Å²) in [6, 6.07) is 17.4. The van der Waals surface area contributed by atoms with Crippen molar-refractivity contribution in [3.05, 3.63) is 65.2 Å². The quantitative estimate of drug-likeness (QED) is 0.945. The second-order valence-electron chi connectivity index (χ2n) is 5.47. The number of carbonyl (C=O) groups excluding carboxylic acids is 1. The highest BCUT2D eigenvalue weighted by Gasteiger charge is 2.17. The maximum Gasteiger partial charge on any atom is 0.238 e. The van der Waals surface area contributed by atoms with Crippen LogP contribution in [0.1, 0.15) is 16.7 Å². The molecule has 0 radical (unpaired) electrons. The first-order valence-electron chi connectivity index (χ1n) is 7.34. The van der Waals surface area contributed by atoms with Gasteiger partial charge in [-0.05, 0) is 41.8 Å². The highest BCUT2D eigenvalue weighted by molar-refractivity contribution is 5.92. The Kier molecular flexibility index (Phi) is 4.17. The molecule has 4 nitrogen and oxygen atoms in total. The summed E-state index contributed by atoms with van der Waals surface area (Å²) in [6.45, 7) is 2.10. The largest absolute Gasteiger partial charge is 0.325 e. The molecule has 0 spiro atoms. The van der Waals surface area contributed by atoms with Gasteiger partial charge in [-0.2, -0.15) is 5.26 Å². The van der Waals surface area contributed by atoms with Crippen molar-refractivity contribution in [2.75, 3.05) is 18.4 Å². The van der Waals surface area contributed by atoms with Crippen LogP contribution in [0.2, 0.25) is 0 Å². The molecule has 1 aliphatic rings. The first-order valence-corrected chi connectivity index (χ1v) is 7.34. The van der Waals surface area contributed by atoms with Gasteiger partial charge in [0.1, 0.15) is 0 Å². The topological polar surface area (TPSA) is 56.1 Å². The van der Waals surface area contributed by atoms with Gasteiger partial charge >= 0.3 is 0 Å². The number of rotatable bonds is 3. The number of amides is 1. The van der Waals surface area contributed by atoms with Crippen molar-refractivity contribution in [1.29, 1.82) is 5.26 Å². The van der Waals surface area contributed by atoms with Crippen LogP contribution in [-0.4, -0.2) is 23.9 Å². The summed E-state index contributed by atoms with van der Waals surface area (Å²) < 4.78 is 0. The fourth-order valence-corrected chi connectivity index (χ4v) is 2.72. The number of nitrogens with one attached hydrogen (secondary N) is 1. The third kappa shape index (κ3) is 3.33. The summed E-state index contributed by atoms with van der Waals surface area (Å²) >= 11 is 0. The average Bonchev–Trinajstić information content (AvgIpc) is 2.55. The van der Waals surface area contributed by atoms with E-state index in [0.717, 1.165) is 25.2 Å². The van der Waals surface area contributed by atoms with Crippen molar-refractivity contribution in [3.8, 4) is 6.07 Å². The Bertz CT molecular complexity index is 716. The van der Waals surface area contributed by atoms with Gasteiger partial charge in [0, 0.05) is 18.8 Å². The molecule has 0 bridgehead atoms. The Morgan fingerprint density at radius 2 is 1.86 bits per heavy atom. The molecule has 3 rings (SSSR count). The molecule has 0 aromatic heterocycles. The molecule has 1 aliphatic heterocycles. The summed E-state index contributed by atoms with van der Waals surface area (Å²) in [4.78, 5) is 14.3. The molecule has 0 saturated carbocycles. The number of fused-ring (bicyclic) bond motifs is 1. The van der Waals surface area contributed by atoms with E-state index in [1.54, 1.807) is 24.3 Å². The third-order valence-electron chi connectivity index (χ3n) is 3.87. The normalized spacial score (nSPS) is 14.0. The first-order chi connectivity index (χ1) is 10.7. The lowest BCUT2D eigenvalue weighted by molar-refractivity contribution is -0.117. The van der Waals surface area contributed by atoms with Crippen molar-refractivity contribution >= 4 is 11.6 Å². The van der Waals surface area contributed by atoms with Gasteiger partial charge in [-0.3, -0.25) is 9.69 Å². The van der Waals surface area contributed by atoms with Gasteiger partial charge in [0.05, 0.1) is 18.2 Å². The minimum Gasteiger partial charge on any atom is -0.325 e. The van der Waals surface area contributed by atoms with Gasteiger partial charge in [0.15, 0.2) is 0 Å². The van der Waals surface area contributed by atoms with Crippen molar-refractivity contribution in [3.63, 3.8) is 0 Å². The van der Waals surface area contributed by atoms with Crippen LogP contribution in [0, 0.1) is 11.3 Å². The Labute approximate surface area is 130 Å². The lowest BCUT2D eigenvalue weighted by atomic mass is 10.00. The van der Waals surface area contributed by atoms with E-state index in [9.17, 15) is 4.79 Å². The third-order valence-corrected chi connectivity index (χ3v) is 3.87. The minimum absolute atomic E-state index is 0.0240. The molecule has 0 unspecified atom stereocenters. The van der Waals surface area contributed by atoms with Gasteiger partial charge in [-0.15, -0.1) is 0 Å². The molecule has 4 heteroatoms. The van der Waals surface area contributed by atoms with E-state index in [1.165, 1.54) is 11.1 Å². The molecule has 110 valence electrons. The molecule has 0 saturated heterocycles. The number of hydrogen-bond acceptors (Lipinski definition) is 3. The SMILES string of the molecule is N#Cc1ccc(NC(=O)CN2CCc3ccccc3C2)cc1. The molecule has 2 aromatic rings. The van der Waals surface area contributed by atoms with Crippen LogP contribution in [0.5, 0.6) is 0 Å². The second-order valence-corrected chi connectivity index (χ2v) is 5.47. The van der Waals surface area contributed by atoms with E-state index in [4.69, 9.17) is 5.26 Å². The molecular weight excluding hydrogens is 274 g/mol. The Balaban J connectivity index is 1.57. The van der Waals surface area contributed by atoms with Gasteiger partial charge in [-0.25, -0.2) is 0 Å². The van der Waals surface area contributed by atoms with Crippen LogP contribution < -0.4 is 5.32 Å². The molecule has 0 atom stereocenters. The Morgan fingerprint density at radius 1 is 1.14 bits per heavy atom. The van der Waals surface area contributed by atoms with Crippen LogP contribution in [0.3, 0.4) is 0 Å². The highest BCUT2D eigenvalue weighted by atomic mass is 16.2. The summed E-state index contributed by atoms with van der Waals surface area (Å²) in [5, 5.41) is 11.6. The Hall–Kier alpha value is -2.64. The summed E-state index contributed by atoms with van der Waals surface area (Å²) in [5.74, 6) is -0.0240. The molecule has 22 heavy (non-hydrogen) atoms. The van der Waals surface area contributed by atoms with Crippen molar-refractivity contribution < 1.29 is 4.79 Å². The lowest BCUT2D eigenvalue weighted by Crippen LogP contribution is -2.37. The van der Waals surface area contributed by atoms with Crippen LogP contribution in [0.15, 0.2) is 48.5 Å². The number of carbonyl (C=O) groups is 1. The van der Waals surface area contributed by atoms with Gasteiger partial charge < -0.3 is 5.32 Å². The zero-order valence-corrected chi connectivity index (χ0v) is 12.2. The molecule has 1 amide bonds. The standard InChI is InChI=1S/C18H17N3O/c19-11-14-5-7-17(8-6-14)20-18(22)13-21-10-9-15-3-1-2-4-16(15)12-21/h1-8H,9-10,12-13H2,(H,20,22). The van der Waals surface area contributed by atoms with Crippen molar-refractivity contribution in [1.82, 2.24) is 4.90 Å². The van der Waals surface area contributed by atoms with Crippen LogP contribution in [0.4, 0.5) is 5.69 Å². The minimum atomic E-state index is -0.0240. The van der Waals surface area contributed by atoms with E-state index in [2.05, 4.69) is 34.5 Å². The summed E-state index contributed by atoms with van der Waals surface area (Å²) in [5.41, 5.74) is 4.00. The number of hydrogen-bond donors (Lipinski definition) is 1. The number of benzene rings is 2. The number of nitriles is 1. The molecular formula is C18H17N3O. The molecule has 2 aromatic carbocycles. The van der Waals surface area contributed by atoms with E-state index in [0.29, 0.717) is 12.1 Å². The van der Waals surface area contributed by atoms with Gasteiger partial charge in [0.25, 0.3) is 0 Å². The predicted octanol–water partition coefficient (Wildman–Crippen LogP) is 2.56. The summed E-state index contributed by atoms with van der Waals surface area (Å²) in [6.07, 6.45) is 0.986. The zero-order chi connectivity index (χ0) is 15.4. The maximum atomic E-state index is 12.1. The van der Waals surface area contributed by atoms with E-state index >= 15 is 0 Å². The lowest BCUT2D eigenvalue weighted by Gasteiger charge is -2.28. The smallest absolute Gasteiger partial charge is 0.238 e. The number of nitrogens with zero attached hydrogens (tertiary/aromatic N) is 2. The summed E-state index contributed by atoms with van der Waals surface area (Å²) in [7, 11) is 0. The maximum absolute atomic E-state index is 12.1.